The van der Waals surface area contributed by atoms with Crippen LogP contribution in [0.4, 0.5) is 0 Å². The molecule has 110 valence electrons. The number of hydrogen-bond donors (Lipinski definition) is 0. The molecule has 3 aromatic heterocycles. The molecule has 0 amide bonds. The van der Waals surface area contributed by atoms with Crippen LogP contribution in [0.25, 0.3) is 5.82 Å². The van der Waals surface area contributed by atoms with Gasteiger partial charge in [0.1, 0.15) is 6.61 Å². The number of aromatic nitrogens is 7. The van der Waals surface area contributed by atoms with Gasteiger partial charge in [-0.25, -0.2) is 14.5 Å². The summed E-state index contributed by atoms with van der Waals surface area (Å²) in [6, 6.07) is 0. The molecule has 0 aliphatic carbocycles. The van der Waals surface area contributed by atoms with E-state index in [1.54, 1.807) is 12.4 Å². The lowest BCUT2D eigenvalue weighted by Crippen LogP contribution is -2.24. The minimum Gasteiger partial charge on any atom is -0.465 e. The Morgan fingerprint density at radius 2 is 2.24 bits per heavy atom. The fourth-order valence-electron chi connectivity index (χ4n) is 1.74. The summed E-state index contributed by atoms with van der Waals surface area (Å²) in [5.41, 5.74) is 0.0529. The average molecular weight is 330 g/mol. The highest BCUT2D eigenvalue weighted by Gasteiger charge is 2.21. The lowest BCUT2D eigenvalue weighted by atomic mass is 10.3. The third-order valence-corrected chi connectivity index (χ3v) is 3.63. The second kappa shape index (κ2) is 5.30. The fraction of sp³-hybridized carbons (Fsp3) is 0.300. The first kappa shape index (κ1) is 12.5. The number of aryl methyl sites for hydroxylation is 2. The van der Waals surface area contributed by atoms with E-state index in [1.165, 1.54) is 23.1 Å². The molecule has 0 fully saturated rings. The molecule has 3 heterocycles. The van der Waals surface area contributed by atoms with Crippen LogP contribution in [0.5, 0.6) is 5.19 Å². The largest absolute Gasteiger partial charge is 0.465 e. The van der Waals surface area contributed by atoms with Gasteiger partial charge in [-0.3, -0.25) is 0 Å². The van der Waals surface area contributed by atoms with Gasteiger partial charge in [0, 0.05) is 25.6 Å². The molecule has 0 aliphatic rings. The zero-order valence-electron chi connectivity index (χ0n) is 12.0. The molecule has 0 unspecified atom stereocenters. The molecule has 0 saturated carbocycles. The van der Waals surface area contributed by atoms with E-state index in [9.17, 15) is 4.79 Å². The molecular formula is C10H10ClN7O2S. The summed E-state index contributed by atoms with van der Waals surface area (Å²) in [5, 5.41) is 13.6. The van der Waals surface area contributed by atoms with Crippen LogP contribution in [0.1, 0.15) is 6.93 Å². The third-order valence-electron chi connectivity index (χ3n) is 2.69. The molecule has 0 atom stereocenters. The molecule has 0 aliphatic heterocycles. The number of thiazole rings is 1. The topological polar surface area (TPSA) is 92.7 Å². The Bertz CT molecular complexity index is 882. The Kier molecular flexibility index (Phi) is 3.16. The molecule has 0 N–H and O–H groups in total. The van der Waals surface area contributed by atoms with Gasteiger partial charge in [-0.1, -0.05) is 22.9 Å². The molecule has 11 heteroatoms. The first-order valence-electron chi connectivity index (χ1n) is 6.23. The summed E-state index contributed by atoms with van der Waals surface area (Å²) in [5.74, 6) is 0.366. The van der Waals surface area contributed by atoms with Crippen molar-refractivity contribution in [1.29, 1.82) is 0 Å². The normalized spacial score (nSPS) is 11.7. The van der Waals surface area contributed by atoms with Crippen molar-refractivity contribution in [2.75, 3.05) is 0 Å². The number of nitrogens with zero attached hydrogens (tertiary/aromatic N) is 7. The van der Waals surface area contributed by atoms with Gasteiger partial charge in [0.2, 0.25) is 0 Å². The Labute approximate surface area is 128 Å². The number of rotatable bonds is 4. The summed E-state index contributed by atoms with van der Waals surface area (Å²) in [7, 11) is 3.13. The average Bonchev–Trinajstić information content (AvgIpc) is 3.09. The minimum atomic E-state index is -0.427. The quantitative estimate of drug-likeness (QED) is 0.687. The zero-order chi connectivity index (χ0) is 15.9. The Morgan fingerprint density at radius 1 is 1.43 bits per heavy atom. The zero-order valence-corrected chi connectivity index (χ0v) is 12.6. The van der Waals surface area contributed by atoms with Gasteiger partial charge in [-0.05, 0) is 10.4 Å². The van der Waals surface area contributed by atoms with Crippen LogP contribution in [0.15, 0.2) is 16.3 Å². The van der Waals surface area contributed by atoms with E-state index < -0.39 is 5.69 Å². The van der Waals surface area contributed by atoms with Crippen LogP contribution in [0.3, 0.4) is 0 Å². The predicted molar refractivity (Wildman–Crippen MR) is 74.8 cm³/mol. The van der Waals surface area contributed by atoms with E-state index in [0.29, 0.717) is 16.6 Å². The van der Waals surface area contributed by atoms with Crippen LogP contribution < -0.4 is 10.4 Å². The predicted octanol–water partition coefficient (Wildman–Crippen LogP) is 0.388. The Hall–Kier alpha value is -2.20. The highest BCUT2D eigenvalue weighted by atomic mass is 35.5. The van der Waals surface area contributed by atoms with Crippen molar-refractivity contribution in [1.82, 2.24) is 34.6 Å². The van der Waals surface area contributed by atoms with E-state index in [2.05, 4.69) is 20.5 Å². The molecule has 3 aromatic rings. The fourth-order valence-corrected chi connectivity index (χ4v) is 2.44. The highest BCUT2D eigenvalue weighted by molar-refractivity contribution is 7.11. The molecule has 0 bridgehead atoms. The molecule has 0 saturated heterocycles. The second-order valence-electron chi connectivity index (χ2n) is 4.04. The van der Waals surface area contributed by atoms with Gasteiger partial charge in [-0.2, -0.15) is 9.78 Å². The lowest BCUT2D eigenvalue weighted by Gasteiger charge is -2.04. The van der Waals surface area contributed by atoms with Crippen molar-refractivity contribution in [3.8, 4) is 11.0 Å². The summed E-state index contributed by atoms with van der Waals surface area (Å²) >= 11 is 7.29. The molecule has 0 radical (unpaired) electrons. The number of ether oxygens (including phenoxy) is 1. The van der Waals surface area contributed by atoms with E-state index in [-0.39, 0.29) is 17.9 Å². The molecule has 3 rings (SSSR count). The maximum absolute atomic E-state index is 12.0. The number of halogens is 1. The van der Waals surface area contributed by atoms with Gasteiger partial charge >= 0.3 is 5.69 Å². The first-order chi connectivity index (χ1) is 10.5. The smallest absolute Gasteiger partial charge is 0.369 e. The lowest BCUT2D eigenvalue weighted by molar-refractivity contribution is 0.304. The first-order valence-corrected chi connectivity index (χ1v) is 6.99. The summed E-state index contributed by atoms with van der Waals surface area (Å²) in [6.45, 7) is 0.0397. The summed E-state index contributed by atoms with van der Waals surface area (Å²) in [4.78, 5) is 15.9. The third kappa shape index (κ3) is 2.43. The van der Waals surface area contributed by atoms with Crippen LogP contribution in [0, 0.1) is 0 Å². The van der Waals surface area contributed by atoms with Crippen molar-refractivity contribution in [2.45, 2.75) is 6.61 Å². The highest BCUT2D eigenvalue weighted by Crippen LogP contribution is 2.23. The molecular weight excluding hydrogens is 318 g/mol. The van der Waals surface area contributed by atoms with Crippen LogP contribution in [0.2, 0.25) is 5.15 Å². The van der Waals surface area contributed by atoms with Crippen molar-refractivity contribution >= 4 is 22.9 Å². The standard InChI is InChI=1S/C10H10ClN7O2S/c1-16-8(18-10(19)17(2)14-15-18)6(7(11)13-16)5-20-9-12-3-4-21-9/h3-4H,5H2,1-2H3/i3T. The maximum Gasteiger partial charge on any atom is 0.369 e. The Balaban J connectivity index is 1.97. The van der Waals surface area contributed by atoms with Gasteiger partial charge in [-0.15, -0.1) is 4.68 Å². The number of hydrogen-bond acceptors (Lipinski definition) is 7. The summed E-state index contributed by atoms with van der Waals surface area (Å²) in [6.07, 6.45) is 0.127. The van der Waals surface area contributed by atoms with Crippen molar-refractivity contribution < 1.29 is 6.11 Å². The minimum absolute atomic E-state index is 0.0397. The van der Waals surface area contributed by atoms with Gasteiger partial charge < -0.3 is 4.74 Å². The van der Waals surface area contributed by atoms with Crippen molar-refractivity contribution in [2.24, 2.45) is 14.1 Å². The molecule has 9 nitrogen and oxygen atoms in total. The van der Waals surface area contributed by atoms with Crippen molar-refractivity contribution in [3.63, 3.8) is 0 Å². The van der Waals surface area contributed by atoms with Crippen LogP contribution >= 0.6 is 22.9 Å². The van der Waals surface area contributed by atoms with E-state index in [1.807, 2.05) is 0 Å². The van der Waals surface area contributed by atoms with Gasteiger partial charge in [0.05, 0.1) is 6.93 Å². The van der Waals surface area contributed by atoms with Gasteiger partial charge in [0.15, 0.2) is 11.0 Å². The van der Waals surface area contributed by atoms with Crippen molar-refractivity contribution in [3.05, 3.63) is 32.8 Å². The van der Waals surface area contributed by atoms with E-state index >= 15 is 0 Å². The second-order valence-corrected chi connectivity index (χ2v) is 5.22. The monoisotopic (exact) mass is 329 g/mol. The van der Waals surface area contributed by atoms with Gasteiger partial charge in [0.25, 0.3) is 5.19 Å². The van der Waals surface area contributed by atoms with Crippen LogP contribution in [-0.4, -0.2) is 34.6 Å². The maximum atomic E-state index is 12.0. The molecule has 0 aromatic carbocycles. The Morgan fingerprint density at radius 3 is 2.86 bits per heavy atom. The number of tetrazole rings is 1. The molecule has 21 heavy (non-hydrogen) atoms. The SMILES string of the molecule is [3H]c1csc(OCc2c(Cl)nn(C)c2-n2nnn(C)c2=O)n1. The van der Waals surface area contributed by atoms with Crippen LogP contribution in [-0.2, 0) is 20.7 Å². The summed E-state index contributed by atoms with van der Waals surface area (Å²) < 4.78 is 16.5. The van der Waals surface area contributed by atoms with E-state index in [4.69, 9.17) is 17.7 Å². The molecule has 0 spiro atoms. The van der Waals surface area contributed by atoms with E-state index in [0.717, 1.165) is 9.36 Å².